The Morgan fingerprint density at radius 3 is 2.79 bits per heavy atom. The van der Waals surface area contributed by atoms with Gasteiger partial charge < -0.3 is 15.2 Å². The zero-order valence-corrected chi connectivity index (χ0v) is 18.6. The summed E-state index contributed by atoms with van der Waals surface area (Å²) < 4.78 is 20.7. The normalized spacial score (nSPS) is 27.4. The number of aromatic nitrogens is 3. The molecule has 3 aromatic heterocycles. The maximum Gasteiger partial charge on any atom is 0.264 e. The Bertz CT molecular complexity index is 1450. The Balaban J connectivity index is 1.35. The molecule has 1 saturated heterocycles. The molecule has 2 aliphatic carbocycles. The molecule has 33 heavy (non-hydrogen) atoms. The predicted octanol–water partition coefficient (Wildman–Crippen LogP) is 4.17. The summed E-state index contributed by atoms with van der Waals surface area (Å²) in [6.07, 6.45) is 7.52. The Kier molecular flexibility index (Phi) is 3.78. The maximum absolute atomic E-state index is 15.3. The number of hydrogen-bond donors (Lipinski definition) is 1. The molecule has 4 aromatic rings. The lowest BCUT2D eigenvalue weighted by Gasteiger charge is -2.55. The number of benzene rings is 1. The molecule has 7 rings (SSSR count). The smallest absolute Gasteiger partial charge is 0.264 e. The number of aryl methyl sites for hydroxylation is 1. The van der Waals surface area contributed by atoms with Gasteiger partial charge in [-0.2, -0.15) is 0 Å². The molecule has 4 unspecified atom stereocenters. The van der Waals surface area contributed by atoms with E-state index in [1.165, 1.54) is 23.7 Å². The Labute approximate surface area is 192 Å². The first-order chi connectivity index (χ1) is 15.9. The lowest BCUT2D eigenvalue weighted by atomic mass is 9.64. The number of piperidine rings is 2. The molecule has 2 saturated carbocycles. The molecule has 3 fully saturated rings. The van der Waals surface area contributed by atoms with E-state index in [1.54, 1.807) is 25.4 Å². The summed E-state index contributed by atoms with van der Waals surface area (Å²) in [7, 11) is 0. The topological polar surface area (TPSA) is 98.1 Å². The van der Waals surface area contributed by atoms with Crippen molar-refractivity contribution in [1.82, 2.24) is 20.0 Å². The SMILES string of the molecule is Cc1noc2cc(-c3sc(C(=O)N4C5CC6C4CC6(N)C5)cc3-c3cncnc3)c(F)cc12. The van der Waals surface area contributed by atoms with Gasteiger partial charge in [-0.3, -0.25) is 4.79 Å². The molecular formula is C24H20FN5O2S. The molecule has 7 nitrogen and oxygen atoms in total. The van der Waals surface area contributed by atoms with Crippen LogP contribution in [0.1, 0.15) is 34.6 Å². The van der Waals surface area contributed by atoms with Gasteiger partial charge in [-0.15, -0.1) is 11.3 Å². The third-order valence-corrected chi connectivity index (χ3v) is 8.87. The zero-order chi connectivity index (χ0) is 22.5. The number of rotatable bonds is 3. The molecule has 2 bridgehead atoms. The molecule has 1 amide bonds. The molecule has 3 aliphatic rings. The second-order valence-corrected chi connectivity index (χ2v) is 10.5. The number of nitrogens with two attached hydrogens (primary N) is 1. The van der Waals surface area contributed by atoms with Gasteiger partial charge in [0.1, 0.15) is 12.1 Å². The number of carbonyl (C=O) groups is 1. The summed E-state index contributed by atoms with van der Waals surface area (Å²) in [6.45, 7) is 1.78. The van der Waals surface area contributed by atoms with Crippen molar-refractivity contribution in [1.29, 1.82) is 0 Å². The van der Waals surface area contributed by atoms with E-state index in [9.17, 15) is 4.79 Å². The summed E-state index contributed by atoms with van der Waals surface area (Å²) in [5.41, 5.74) is 9.35. The average Bonchev–Trinajstić information content (AvgIpc) is 3.54. The zero-order valence-electron chi connectivity index (χ0n) is 17.8. The van der Waals surface area contributed by atoms with Crippen molar-refractivity contribution in [3.05, 3.63) is 53.3 Å². The standard InChI is InChI=1S/C24H20FN5O2S/c1-11-14-3-18(25)16(4-20(14)32-29-11)22-15(12-8-27-10-28-9-12)5-21(33-22)23(31)30-13-2-17-19(30)7-24(17,26)6-13/h3-5,8-10,13,17,19H,2,6-7,26H2,1H3. The molecule has 2 N–H and O–H groups in total. The van der Waals surface area contributed by atoms with Gasteiger partial charge in [0.2, 0.25) is 0 Å². The van der Waals surface area contributed by atoms with Crippen LogP contribution in [0.3, 0.4) is 0 Å². The molecular weight excluding hydrogens is 441 g/mol. The van der Waals surface area contributed by atoms with E-state index in [-0.39, 0.29) is 29.3 Å². The predicted molar refractivity (Wildman–Crippen MR) is 121 cm³/mol. The fraction of sp³-hybridized carbons (Fsp3) is 0.333. The molecule has 1 aromatic carbocycles. The van der Waals surface area contributed by atoms with E-state index in [0.29, 0.717) is 37.9 Å². The molecule has 4 heterocycles. The summed E-state index contributed by atoms with van der Waals surface area (Å²) in [5, 5.41) is 4.59. The number of nitrogens with zero attached hydrogens (tertiary/aromatic N) is 4. The van der Waals surface area contributed by atoms with E-state index in [4.69, 9.17) is 10.3 Å². The van der Waals surface area contributed by atoms with Gasteiger partial charge >= 0.3 is 0 Å². The molecule has 0 radical (unpaired) electrons. The second kappa shape index (κ2) is 6.45. The van der Waals surface area contributed by atoms with Crippen molar-refractivity contribution in [2.24, 2.45) is 11.7 Å². The number of fused-ring (bicyclic) bond motifs is 2. The van der Waals surface area contributed by atoms with Crippen LogP contribution in [0.15, 0.2) is 41.4 Å². The first-order valence-electron chi connectivity index (χ1n) is 11.0. The van der Waals surface area contributed by atoms with E-state index in [1.807, 2.05) is 11.0 Å². The highest BCUT2D eigenvalue weighted by Crippen LogP contribution is 2.59. The minimum Gasteiger partial charge on any atom is -0.356 e. The molecule has 0 spiro atoms. The van der Waals surface area contributed by atoms with Crippen LogP contribution in [0.5, 0.6) is 0 Å². The highest BCUT2D eigenvalue weighted by Gasteiger charge is 2.67. The number of thiophene rings is 1. The first-order valence-corrected chi connectivity index (χ1v) is 11.8. The number of amides is 1. The Morgan fingerprint density at radius 1 is 1.24 bits per heavy atom. The van der Waals surface area contributed by atoms with Crippen molar-refractivity contribution in [2.45, 2.75) is 43.8 Å². The van der Waals surface area contributed by atoms with Crippen molar-refractivity contribution in [3.8, 4) is 21.6 Å². The number of hydrogen-bond acceptors (Lipinski definition) is 7. The van der Waals surface area contributed by atoms with Crippen molar-refractivity contribution < 1.29 is 13.7 Å². The molecule has 166 valence electrons. The average molecular weight is 462 g/mol. The molecule has 1 aliphatic heterocycles. The lowest BCUT2D eigenvalue weighted by molar-refractivity contribution is -0.00839. The third-order valence-electron chi connectivity index (χ3n) is 7.72. The van der Waals surface area contributed by atoms with Crippen LogP contribution in [0.4, 0.5) is 4.39 Å². The van der Waals surface area contributed by atoms with Crippen molar-refractivity contribution in [3.63, 3.8) is 0 Å². The highest BCUT2D eigenvalue weighted by molar-refractivity contribution is 7.18. The first kappa shape index (κ1) is 19.3. The number of likely N-dealkylation sites (tertiary alicyclic amines) is 1. The lowest BCUT2D eigenvalue weighted by Crippen LogP contribution is -2.69. The van der Waals surface area contributed by atoms with Crippen LogP contribution >= 0.6 is 11.3 Å². The third kappa shape index (κ3) is 2.57. The molecule has 9 heteroatoms. The van der Waals surface area contributed by atoms with Gasteiger partial charge in [-0.05, 0) is 50.3 Å². The maximum atomic E-state index is 15.3. The quantitative estimate of drug-likeness (QED) is 0.492. The highest BCUT2D eigenvalue weighted by atomic mass is 32.1. The van der Waals surface area contributed by atoms with Crippen LogP contribution in [-0.4, -0.2) is 43.6 Å². The van der Waals surface area contributed by atoms with Crippen molar-refractivity contribution in [2.75, 3.05) is 0 Å². The Morgan fingerprint density at radius 2 is 2.06 bits per heavy atom. The number of halogens is 1. The minimum atomic E-state index is -0.389. The van der Waals surface area contributed by atoms with Gasteiger partial charge in [0, 0.05) is 57.0 Å². The van der Waals surface area contributed by atoms with Gasteiger partial charge in [0.25, 0.3) is 5.91 Å². The fourth-order valence-electron chi connectivity index (χ4n) is 6.17. The summed E-state index contributed by atoms with van der Waals surface area (Å²) >= 11 is 1.30. The van der Waals surface area contributed by atoms with Crippen molar-refractivity contribution >= 4 is 28.2 Å². The second-order valence-electron chi connectivity index (χ2n) is 9.49. The summed E-state index contributed by atoms with van der Waals surface area (Å²) in [6, 6.07) is 5.37. The van der Waals surface area contributed by atoms with Gasteiger partial charge in [0.15, 0.2) is 5.58 Å². The van der Waals surface area contributed by atoms with E-state index in [2.05, 4.69) is 15.1 Å². The molecule has 4 atom stereocenters. The van der Waals surface area contributed by atoms with Gasteiger partial charge in [0.05, 0.1) is 10.6 Å². The summed E-state index contributed by atoms with van der Waals surface area (Å²) in [4.78, 5) is 25.1. The van der Waals surface area contributed by atoms with Gasteiger partial charge in [-0.25, -0.2) is 14.4 Å². The Hall–Kier alpha value is -3.17. The van der Waals surface area contributed by atoms with Crippen LogP contribution in [0.25, 0.3) is 32.5 Å². The van der Waals surface area contributed by atoms with Crippen LogP contribution in [0, 0.1) is 18.7 Å². The largest absolute Gasteiger partial charge is 0.356 e. The number of carbonyl (C=O) groups excluding carboxylic acids is 1. The van der Waals surface area contributed by atoms with E-state index in [0.717, 1.165) is 30.4 Å². The van der Waals surface area contributed by atoms with Crippen LogP contribution < -0.4 is 5.73 Å². The van der Waals surface area contributed by atoms with E-state index >= 15 is 4.39 Å². The van der Waals surface area contributed by atoms with Crippen LogP contribution in [-0.2, 0) is 0 Å². The van der Waals surface area contributed by atoms with Crippen LogP contribution in [0.2, 0.25) is 0 Å². The van der Waals surface area contributed by atoms with Gasteiger partial charge in [-0.1, -0.05) is 5.16 Å². The monoisotopic (exact) mass is 461 g/mol. The summed E-state index contributed by atoms with van der Waals surface area (Å²) in [5.74, 6) is 0.0166. The minimum absolute atomic E-state index is 0.000551. The van der Waals surface area contributed by atoms with E-state index < -0.39 is 0 Å². The fourth-order valence-corrected chi connectivity index (χ4v) is 7.31.